The first-order valence-electron chi connectivity index (χ1n) is 12.9. The third-order valence-corrected chi connectivity index (χ3v) is 8.34. The standard InChI is InChI=1S/C24H41N7O2/c1-16(10-22-29-27-15-30(22)2)18-4-3-5-20(11-18)28-23(32)21-12-19(6-8-26-21)24(33)31-9-7-17(13-25)14-31/h16-22,26-27,29H,3-12,14-15H2,1-2H3,(H,28,32)/t16-,17+,18?,19?,20?,21?,22?/m1/s1. The molecule has 9 heteroatoms. The topological polar surface area (TPSA) is 113 Å². The number of hydrazine groups is 1. The highest BCUT2D eigenvalue weighted by atomic mass is 16.2. The van der Waals surface area contributed by atoms with Gasteiger partial charge in [-0.3, -0.25) is 14.5 Å². The molecule has 3 saturated heterocycles. The van der Waals surface area contributed by atoms with Crippen LogP contribution in [0.2, 0.25) is 0 Å². The molecule has 0 spiro atoms. The first-order chi connectivity index (χ1) is 15.9. The first-order valence-corrected chi connectivity index (χ1v) is 12.9. The van der Waals surface area contributed by atoms with Crippen molar-refractivity contribution in [1.82, 2.24) is 31.3 Å². The second-order valence-corrected chi connectivity index (χ2v) is 10.7. The fraction of sp³-hybridized carbons (Fsp3) is 0.875. The van der Waals surface area contributed by atoms with E-state index in [1.165, 1.54) is 6.42 Å². The summed E-state index contributed by atoms with van der Waals surface area (Å²) in [6.07, 6.45) is 8.01. The van der Waals surface area contributed by atoms with E-state index in [9.17, 15) is 9.59 Å². The van der Waals surface area contributed by atoms with Crippen LogP contribution in [0.15, 0.2) is 0 Å². The van der Waals surface area contributed by atoms with Gasteiger partial charge in [0.05, 0.1) is 30.9 Å². The predicted molar refractivity (Wildman–Crippen MR) is 125 cm³/mol. The number of piperidine rings is 1. The Morgan fingerprint density at radius 1 is 1.21 bits per heavy atom. The molecular formula is C24H41N7O2. The summed E-state index contributed by atoms with van der Waals surface area (Å²) in [5, 5.41) is 15.8. The van der Waals surface area contributed by atoms with Gasteiger partial charge in [-0.05, 0) is 64.0 Å². The number of hydrogen-bond acceptors (Lipinski definition) is 7. The largest absolute Gasteiger partial charge is 0.352 e. The second-order valence-electron chi connectivity index (χ2n) is 10.7. The van der Waals surface area contributed by atoms with Crippen LogP contribution < -0.4 is 21.5 Å². The molecule has 5 unspecified atom stereocenters. The zero-order chi connectivity index (χ0) is 23.4. The van der Waals surface area contributed by atoms with Gasteiger partial charge in [0, 0.05) is 25.0 Å². The van der Waals surface area contributed by atoms with Crippen molar-refractivity contribution in [2.75, 3.05) is 33.4 Å². The van der Waals surface area contributed by atoms with Crippen LogP contribution in [0.4, 0.5) is 0 Å². The molecule has 33 heavy (non-hydrogen) atoms. The van der Waals surface area contributed by atoms with Gasteiger partial charge in [0.1, 0.15) is 0 Å². The van der Waals surface area contributed by atoms with Crippen LogP contribution in [0.25, 0.3) is 0 Å². The van der Waals surface area contributed by atoms with Crippen LogP contribution in [0, 0.1) is 35.0 Å². The summed E-state index contributed by atoms with van der Waals surface area (Å²) in [7, 11) is 2.13. The number of nitrogens with one attached hydrogen (secondary N) is 4. The van der Waals surface area contributed by atoms with Gasteiger partial charge in [-0.15, -0.1) is 0 Å². The maximum absolute atomic E-state index is 13.1. The molecule has 4 N–H and O–H groups in total. The number of hydrogen-bond donors (Lipinski definition) is 4. The summed E-state index contributed by atoms with van der Waals surface area (Å²) in [5.41, 5.74) is 6.56. The van der Waals surface area contributed by atoms with Crippen molar-refractivity contribution in [2.24, 2.45) is 23.7 Å². The Morgan fingerprint density at radius 3 is 2.79 bits per heavy atom. The smallest absolute Gasteiger partial charge is 0.237 e. The lowest BCUT2D eigenvalue weighted by Gasteiger charge is -2.36. The Labute approximate surface area is 198 Å². The summed E-state index contributed by atoms with van der Waals surface area (Å²) < 4.78 is 0. The van der Waals surface area contributed by atoms with Crippen LogP contribution in [-0.2, 0) is 9.59 Å². The van der Waals surface area contributed by atoms with E-state index in [0.29, 0.717) is 44.1 Å². The van der Waals surface area contributed by atoms with Gasteiger partial charge in [-0.25, -0.2) is 10.9 Å². The lowest BCUT2D eigenvalue weighted by atomic mass is 9.77. The molecule has 9 nitrogen and oxygen atoms in total. The molecule has 0 bridgehead atoms. The SMILES string of the molecule is C[C@H](CC1NNCN1C)C1CCCC(NC(=O)C2CC(C(=O)N3CC[C@@H](C#N)C3)CCN2)C1. The van der Waals surface area contributed by atoms with E-state index in [1.54, 1.807) is 0 Å². The van der Waals surface area contributed by atoms with E-state index in [-0.39, 0.29) is 35.7 Å². The molecule has 4 fully saturated rings. The predicted octanol–water partition coefficient (Wildman–Crippen LogP) is 0.751. The molecule has 2 amide bonds. The third kappa shape index (κ3) is 6.04. The lowest BCUT2D eigenvalue weighted by molar-refractivity contribution is -0.136. The van der Waals surface area contributed by atoms with E-state index in [1.807, 2.05) is 4.90 Å². The van der Waals surface area contributed by atoms with Crippen LogP contribution in [0.5, 0.6) is 0 Å². The number of nitriles is 1. The highest BCUT2D eigenvalue weighted by molar-refractivity contribution is 5.85. The highest BCUT2D eigenvalue weighted by Crippen LogP contribution is 2.33. The van der Waals surface area contributed by atoms with Crippen LogP contribution in [0.1, 0.15) is 58.3 Å². The molecule has 4 rings (SSSR count). The Kier molecular flexibility index (Phi) is 8.23. The molecule has 3 heterocycles. The maximum atomic E-state index is 13.1. The minimum absolute atomic E-state index is 0.0440. The second kappa shape index (κ2) is 11.1. The molecule has 4 aliphatic rings. The van der Waals surface area contributed by atoms with Crippen LogP contribution in [0.3, 0.4) is 0 Å². The van der Waals surface area contributed by atoms with Gasteiger partial charge in [-0.1, -0.05) is 19.8 Å². The molecular weight excluding hydrogens is 418 g/mol. The molecule has 7 atom stereocenters. The Bertz CT molecular complexity index is 741. The number of likely N-dealkylation sites (tertiary alicyclic amines) is 1. The minimum atomic E-state index is -0.303. The van der Waals surface area contributed by atoms with E-state index >= 15 is 0 Å². The van der Waals surface area contributed by atoms with E-state index in [0.717, 1.165) is 45.2 Å². The summed E-state index contributed by atoms with van der Waals surface area (Å²) in [6, 6.07) is 2.20. The molecule has 0 aromatic heterocycles. The minimum Gasteiger partial charge on any atom is -0.352 e. The third-order valence-electron chi connectivity index (χ3n) is 8.34. The van der Waals surface area contributed by atoms with Crippen molar-refractivity contribution < 1.29 is 9.59 Å². The normalized spacial score (nSPS) is 36.3. The Balaban J connectivity index is 1.25. The number of rotatable bonds is 6. The van der Waals surface area contributed by atoms with Gasteiger partial charge in [0.25, 0.3) is 0 Å². The molecule has 1 saturated carbocycles. The van der Waals surface area contributed by atoms with Crippen molar-refractivity contribution in [1.29, 1.82) is 5.26 Å². The Hall–Kier alpha value is -1.73. The number of carbonyl (C=O) groups is 2. The molecule has 3 aliphatic heterocycles. The molecule has 0 aromatic rings. The fourth-order valence-electron chi connectivity index (χ4n) is 6.13. The fourth-order valence-corrected chi connectivity index (χ4v) is 6.13. The highest BCUT2D eigenvalue weighted by Gasteiger charge is 2.37. The Morgan fingerprint density at radius 2 is 2.06 bits per heavy atom. The van der Waals surface area contributed by atoms with Gasteiger partial charge in [0.2, 0.25) is 11.8 Å². The van der Waals surface area contributed by atoms with Gasteiger partial charge >= 0.3 is 0 Å². The zero-order valence-corrected chi connectivity index (χ0v) is 20.2. The molecule has 0 radical (unpaired) electrons. The molecule has 1 aliphatic carbocycles. The van der Waals surface area contributed by atoms with E-state index in [2.05, 4.69) is 46.4 Å². The summed E-state index contributed by atoms with van der Waals surface area (Å²) in [6.45, 7) is 5.11. The van der Waals surface area contributed by atoms with Crippen LogP contribution >= 0.6 is 0 Å². The average Bonchev–Trinajstić information content (AvgIpc) is 3.48. The summed E-state index contributed by atoms with van der Waals surface area (Å²) in [5.74, 6) is 1.22. The van der Waals surface area contributed by atoms with Gasteiger partial charge < -0.3 is 15.5 Å². The maximum Gasteiger partial charge on any atom is 0.237 e. The van der Waals surface area contributed by atoms with E-state index in [4.69, 9.17) is 5.26 Å². The summed E-state index contributed by atoms with van der Waals surface area (Å²) >= 11 is 0. The van der Waals surface area contributed by atoms with Gasteiger partial charge in [0.15, 0.2) is 0 Å². The van der Waals surface area contributed by atoms with Crippen molar-refractivity contribution in [3.63, 3.8) is 0 Å². The summed E-state index contributed by atoms with van der Waals surface area (Å²) in [4.78, 5) is 30.2. The first kappa shape index (κ1) is 24.4. The average molecular weight is 460 g/mol. The van der Waals surface area contributed by atoms with Crippen molar-refractivity contribution in [3.8, 4) is 6.07 Å². The number of nitrogens with zero attached hydrogens (tertiary/aromatic N) is 3. The molecule has 184 valence electrons. The van der Waals surface area contributed by atoms with Crippen molar-refractivity contribution in [3.05, 3.63) is 0 Å². The van der Waals surface area contributed by atoms with Gasteiger partial charge in [-0.2, -0.15) is 5.26 Å². The van der Waals surface area contributed by atoms with Crippen LogP contribution in [-0.4, -0.2) is 73.2 Å². The van der Waals surface area contributed by atoms with E-state index < -0.39 is 0 Å². The van der Waals surface area contributed by atoms with Crippen molar-refractivity contribution >= 4 is 11.8 Å². The molecule has 0 aromatic carbocycles. The number of amides is 2. The lowest BCUT2D eigenvalue weighted by Crippen LogP contribution is -2.53. The quantitative estimate of drug-likeness (QED) is 0.464. The van der Waals surface area contributed by atoms with Crippen molar-refractivity contribution in [2.45, 2.75) is 76.5 Å². The monoisotopic (exact) mass is 459 g/mol. The zero-order valence-electron chi connectivity index (χ0n) is 20.2. The number of carbonyl (C=O) groups excluding carboxylic acids is 2.